The van der Waals surface area contributed by atoms with Crippen molar-refractivity contribution in [1.82, 2.24) is 4.90 Å². The lowest BCUT2D eigenvalue weighted by Gasteiger charge is -2.38. The van der Waals surface area contributed by atoms with Gasteiger partial charge in [0.1, 0.15) is 0 Å². The van der Waals surface area contributed by atoms with E-state index >= 15 is 0 Å². The highest BCUT2D eigenvalue weighted by Gasteiger charge is 2.18. The average Bonchev–Trinajstić information content (AvgIpc) is 2.46. The van der Waals surface area contributed by atoms with Crippen LogP contribution < -0.4 is 10.6 Å². The molecule has 1 fully saturated rings. The summed E-state index contributed by atoms with van der Waals surface area (Å²) in [6.45, 7) is 12.0. The van der Waals surface area contributed by atoms with Gasteiger partial charge in [-0.25, -0.2) is 0 Å². The van der Waals surface area contributed by atoms with Crippen molar-refractivity contribution in [2.75, 3.05) is 37.6 Å². The third-order valence-corrected chi connectivity index (χ3v) is 4.23. The van der Waals surface area contributed by atoms with E-state index in [1.807, 2.05) is 0 Å². The Morgan fingerprint density at radius 3 is 2.05 bits per heavy atom. The van der Waals surface area contributed by atoms with Crippen LogP contribution in [0.4, 0.5) is 5.69 Å². The highest BCUT2D eigenvalue weighted by molar-refractivity contribution is 5.48. The van der Waals surface area contributed by atoms with Gasteiger partial charge >= 0.3 is 0 Å². The van der Waals surface area contributed by atoms with Gasteiger partial charge in [-0.1, -0.05) is 19.1 Å². The van der Waals surface area contributed by atoms with Crippen LogP contribution in [-0.2, 0) is 0 Å². The molecule has 2 N–H and O–H groups in total. The van der Waals surface area contributed by atoms with Crippen molar-refractivity contribution in [2.45, 2.75) is 32.7 Å². The van der Waals surface area contributed by atoms with Gasteiger partial charge in [-0.05, 0) is 44.0 Å². The molecule has 0 spiro atoms. The van der Waals surface area contributed by atoms with Crippen LogP contribution in [0.1, 0.15) is 32.3 Å². The van der Waals surface area contributed by atoms with E-state index in [0.717, 1.165) is 13.1 Å². The summed E-state index contributed by atoms with van der Waals surface area (Å²) in [6, 6.07) is 9.59. The minimum absolute atomic E-state index is 0.451. The molecule has 0 amide bonds. The first-order valence-electron chi connectivity index (χ1n) is 7.41. The Morgan fingerprint density at radius 1 is 1.00 bits per heavy atom. The zero-order valence-electron chi connectivity index (χ0n) is 12.5. The molecule has 1 aliphatic rings. The number of rotatable bonds is 4. The Bertz CT molecular complexity index is 377. The minimum Gasteiger partial charge on any atom is -0.369 e. The zero-order valence-corrected chi connectivity index (χ0v) is 12.5. The average molecular weight is 261 g/mol. The van der Waals surface area contributed by atoms with E-state index in [4.69, 9.17) is 5.73 Å². The fraction of sp³-hybridized carbons (Fsp3) is 0.625. The molecule has 19 heavy (non-hydrogen) atoms. The Morgan fingerprint density at radius 2 is 1.58 bits per heavy atom. The second-order valence-corrected chi connectivity index (χ2v) is 5.85. The van der Waals surface area contributed by atoms with Gasteiger partial charge in [0, 0.05) is 37.9 Å². The van der Waals surface area contributed by atoms with E-state index in [1.54, 1.807) is 0 Å². The maximum Gasteiger partial charge on any atom is 0.0367 e. The molecule has 1 aliphatic heterocycles. The van der Waals surface area contributed by atoms with Gasteiger partial charge in [-0.15, -0.1) is 0 Å². The molecule has 1 saturated heterocycles. The van der Waals surface area contributed by atoms with Gasteiger partial charge in [0.15, 0.2) is 0 Å². The van der Waals surface area contributed by atoms with Crippen molar-refractivity contribution in [3.05, 3.63) is 29.8 Å². The SMILES string of the molecule is CC(CN)c1ccc(N2CCN(C(C)C)CC2)cc1. The van der Waals surface area contributed by atoms with Crippen LogP contribution >= 0.6 is 0 Å². The van der Waals surface area contributed by atoms with Crippen molar-refractivity contribution in [3.63, 3.8) is 0 Å². The first-order valence-corrected chi connectivity index (χ1v) is 7.41. The Balaban J connectivity index is 1.96. The fourth-order valence-corrected chi connectivity index (χ4v) is 2.65. The van der Waals surface area contributed by atoms with E-state index in [9.17, 15) is 0 Å². The summed E-state index contributed by atoms with van der Waals surface area (Å²) in [7, 11) is 0. The van der Waals surface area contributed by atoms with E-state index in [1.165, 1.54) is 24.3 Å². The molecular formula is C16H27N3. The predicted molar refractivity (Wildman–Crippen MR) is 82.8 cm³/mol. The number of piperazine rings is 1. The molecular weight excluding hydrogens is 234 g/mol. The van der Waals surface area contributed by atoms with Gasteiger partial charge in [-0.2, -0.15) is 0 Å². The summed E-state index contributed by atoms with van der Waals surface area (Å²) >= 11 is 0. The molecule has 3 heteroatoms. The van der Waals surface area contributed by atoms with Gasteiger partial charge in [-0.3, -0.25) is 4.90 Å². The van der Waals surface area contributed by atoms with Gasteiger partial charge < -0.3 is 10.6 Å². The minimum atomic E-state index is 0.451. The van der Waals surface area contributed by atoms with Crippen LogP contribution in [0.2, 0.25) is 0 Å². The molecule has 1 aromatic rings. The van der Waals surface area contributed by atoms with Crippen molar-refractivity contribution in [3.8, 4) is 0 Å². The van der Waals surface area contributed by atoms with Gasteiger partial charge in [0.2, 0.25) is 0 Å². The molecule has 106 valence electrons. The number of nitrogens with zero attached hydrogens (tertiary/aromatic N) is 2. The third kappa shape index (κ3) is 3.48. The number of hydrogen-bond acceptors (Lipinski definition) is 3. The highest BCUT2D eigenvalue weighted by Crippen LogP contribution is 2.21. The van der Waals surface area contributed by atoms with Crippen molar-refractivity contribution in [1.29, 1.82) is 0 Å². The lowest BCUT2D eigenvalue weighted by Crippen LogP contribution is -2.48. The number of benzene rings is 1. The summed E-state index contributed by atoms with van der Waals surface area (Å²) in [5.41, 5.74) is 8.40. The summed E-state index contributed by atoms with van der Waals surface area (Å²) in [4.78, 5) is 5.02. The summed E-state index contributed by atoms with van der Waals surface area (Å²) in [5.74, 6) is 0.451. The first-order chi connectivity index (χ1) is 9.11. The quantitative estimate of drug-likeness (QED) is 0.902. The molecule has 1 aromatic carbocycles. The van der Waals surface area contributed by atoms with Crippen LogP contribution in [0.15, 0.2) is 24.3 Å². The fourth-order valence-electron chi connectivity index (χ4n) is 2.65. The van der Waals surface area contributed by atoms with Crippen molar-refractivity contribution >= 4 is 5.69 Å². The Hall–Kier alpha value is -1.06. The van der Waals surface area contributed by atoms with E-state index in [-0.39, 0.29) is 0 Å². The molecule has 1 unspecified atom stereocenters. The van der Waals surface area contributed by atoms with Crippen LogP contribution in [0, 0.1) is 0 Å². The van der Waals surface area contributed by atoms with Gasteiger partial charge in [0.25, 0.3) is 0 Å². The lowest BCUT2D eigenvalue weighted by molar-refractivity contribution is 0.209. The summed E-state index contributed by atoms with van der Waals surface area (Å²) in [6.07, 6.45) is 0. The van der Waals surface area contributed by atoms with Crippen LogP contribution in [0.3, 0.4) is 0 Å². The van der Waals surface area contributed by atoms with E-state index in [2.05, 4.69) is 54.8 Å². The molecule has 1 heterocycles. The molecule has 1 atom stereocenters. The summed E-state index contributed by atoms with van der Waals surface area (Å²) < 4.78 is 0. The molecule has 0 aromatic heterocycles. The predicted octanol–water partition coefficient (Wildman–Crippen LogP) is 2.28. The molecule has 3 nitrogen and oxygen atoms in total. The van der Waals surface area contributed by atoms with E-state index in [0.29, 0.717) is 18.5 Å². The van der Waals surface area contributed by atoms with Crippen LogP contribution in [-0.4, -0.2) is 43.7 Å². The molecule has 0 aliphatic carbocycles. The Kier molecular flexibility index (Phi) is 4.83. The zero-order chi connectivity index (χ0) is 13.8. The number of hydrogen-bond donors (Lipinski definition) is 1. The van der Waals surface area contributed by atoms with Gasteiger partial charge in [0.05, 0.1) is 0 Å². The van der Waals surface area contributed by atoms with E-state index < -0.39 is 0 Å². The smallest absolute Gasteiger partial charge is 0.0367 e. The van der Waals surface area contributed by atoms with Crippen molar-refractivity contribution < 1.29 is 0 Å². The largest absolute Gasteiger partial charge is 0.369 e. The standard InChI is InChI=1S/C16H27N3/c1-13(2)18-8-10-19(11-9-18)16-6-4-15(5-7-16)14(3)12-17/h4-7,13-14H,8-12,17H2,1-3H3. The highest BCUT2D eigenvalue weighted by atomic mass is 15.3. The monoisotopic (exact) mass is 261 g/mol. The maximum atomic E-state index is 5.71. The Labute approximate surface area is 117 Å². The first kappa shape index (κ1) is 14.4. The molecule has 0 saturated carbocycles. The second kappa shape index (κ2) is 6.40. The summed E-state index contributed by atoms with van der Waals surface area (Å²) in [5, 5.41) is 0. The third-order valence-electron chi connectivity index (χ3n) is 4.23. The number of anilines is 1. The molecule has 2 rings (SSSR count). The maximum absolute atomic E-state index is 5.71. The van der Waals surface area contributed by atoms with Crippen LogP contribution in [0.5, 0.6) is 0 Å². The van der Waals surface area contributed by atoms with Crippen molar-refractivity contribution in [2.24, 2.45) is 5.73 Å². The molecule has 0 bridgehead atoms. The number of nitrogens with two attached hydrogens (primary N) is 1. The topological polar surface area (TPSA) is 32.5 Å². The normalized spacial score (nSPS) is 18.9. The lowest BCUT2D eigenvalue weighted by atomic mass is 10.0. The molecule has 0 radical (unpaired) electrons. The second-order valence-electron chi connectivity index (χ2n) is 5.85. The van der Waals surface area contributed by atoms with Crippen LogP contribution in [0.25, 0.3) is 0 Å².